The lowest BCUT2D eigenvalue weighted by molar-refractivity contribution is 0.00578. The van der Waals surface area contributed by atoms with Gasteiger partial charge in [0.1, 0.15) is 6.10 Å². The second kappa shape index (κ2) is 4.43. The maximum Gasteiger partial charge on any atom is 0.496 e. The monoisotopic (exact) mass is 279 g/mol. The summed E-state index contributed by atoms with van der Waals surface area (Å²) in [5.41, 5.74) is -0.321. The first-order valence-electron chi connectivity index (χ1n) is 6.96. The highest BCUT2D eigenvalue weighted by Crippen LogP contribution is 2.36. The van der Waals surface area contributed by atoms with E-state index in [4.69, 9.17) is 14.0 Å². The van der Waals surface area contributed by atoms with Crippen molar-refractivity contribution in [3.63, 3.8) is 0 Å². The Labute approximate surface area is 118 Å². The predicted octanol–water partition coefficient (Wildman–Crippen LogP) is 2.06. The second-order valence-corrected chi connectivity index (χ2v) is 6.46. The van der Waals surface area contributed by atoms with Crippen molar-refractivity contribution in [3.8, 4) is 5.88 Å². The summed E-state index contributed by atoms with van der Waals surface area (Å²) in [6.45, 7) is 7.84. The Kier molecular flexibility index (Phi) is 3.06. The number of pyridine rings is 1. The highest BCUT2D eigenvalue weighted by atomic mass is 19.1. The Morgan fingerprint density at radius 2 is 1.85 bits per heavy atom. The van der Waals surface area contributed by atoms with E-state index in [1.54, 1.807) is 6.20 Å². The van der Waals surface area contributed by atoms with Gasteiger partial charge in [-0.1, -0.05) is 0 Å². The third-order valence-electron chi connectivity index (χ3n) is 4.16. The van der Waals surface area contributed by atoms with Crippen LogP contribution in [0, 0.1) is 5.82 Å². The molecule has 1 aliphatic carbocycles. The van der Waals surface area contributed by atoms with Gasteiger partial charge in [-0.2, -0.15) is 0 Å². The smallest absolute Gasteiger partial charge is 0.472 e. The van der Waals surface area contributed by atoms with Crippen molar-refractivity contribution in [2.75, 3.05) is 0 Å². The summed E-state index contributed by atoms with van der Waals surface area (Å²) >= 11 is 0. The van der Waals surface area contributed by atoms with Crippen molar-refractivity contribution in [3.05, 3.63) is 18.1 Å². The van der Waals surface area contributed by atoms with E-state index in [1.807, 2.05) is 27.7 Å². The van der Waals surface area contributed by atoms with Gasteiger partial charge in [0.05, 0.1) is 11.2 Å². The highest BCUT2D eigenvalue weighted by molar-refractivity contribution is 6.62. The van der Waals surface area contributed by atoms with Crippen LogP contribution < -0.4 is 10.2 Å². The standard InChI is InChI=1S/C14H19BFNO3/c1-13(2)14(3,4)20-15(19-13)9-7-11(16)12(17-8-9)18-10-5-6-10/h7-8,10H,5-6H2,1-4H3. The molecule has 6 heteroatoms. The Hall–Kier alpha value is -1.14. The average molecular weight is 279 g/mol. The lowest BCUT2D eigenvalue weighted by Gasteiger charge is -2.32. The van der Waals surface area contributed by atoms with Crippen LogP contribution in [-0.4, -0.2) is 29.4 Å². The van der Waals surface area contributed by atoms with E-state index in [9.17, 15) is 4.39 Å². The van der Waals surface area contributed by atoms with Gasteiger partial charge in [-0.05, 0) is 46.6 Å². The van der Waals surface area contributed by atoms with Crippen LogP contribution in [-0.2, 0) is 9.31 Å². The fourth-order valence-electron chi connectivity index (χ4n) is 1.98. The van der Waals surface area contributed by atoms with Gasteiger partial charge in [0.25, 0.3) is 5.88 Å². The average Bonchev–Trinajstić information content (AvgIpc) is 3.10. The number of hydrogen-bond donors (Lipinski definition) is 0. The number of ether oxygens (including phenoxy) is 1. The van der Waals surface area contributed by atoms with Crippen molar-refractivity contribution < 1.29 is 18.4 Å². The Balaban J connectivity index is 1.79. The van der Waals surface area contributed by atoms with E-state index in [0.29, 0.717) is 5.46 Å². The number of hydrogen-bond acceptors (Lipinski definition) is 4. The molecule has 1 aliphatic heterocycles. The lowest BCUT2D eigenvalue weighted by Crippen LogP contribution is -2.41. The molecule has 0 unspecified atom stereocenters. The summed E-state index contributed by atoms with van der Waals surface area (Å²) in [7, 11) is -0.600. The number of rotatable bonds is 3. The zero-order chi connectivity index (χ0) is 14.5. The maximum absolute atomic E-state index is 14.0. The third-order valence-corrected chi connectivity index (χ3v) is 4.16. The Morgan fingerprint density at radius 1 is 1.25 bits per heavy atom. The van der Waals surface area contributed by atoms with E-state index >= 15 is 0 Å². The zero-order valence-corrected chi connectivity index (χ0v) is 12.3. The lowest BCUT2D eigenvalue weighted by atomic mass is 9.80. The summed E-state index contributed by atoms with van der Waals surface area (Å²) in [5, 5.41) is 0. The molecule has 0 aromatic carbocycles. The molecule has 20 heavy (non-hydrogen) atoms. The quantitative estimate of drug-likeness (QED) is 0.794. The largest absolute Gasteiger partial charge is 0.496 e. The molecule has 2 heterocycles. The van der Waals surface area contributed by atoms with Crippen LogP contribution in [0.15, 0.2) is 12.3 Å². The van der Waals surface area contributed by atoms with Crippen LogP contribution in [0.5, 0.6) is 5.88 Å². The molecular weight excluding hydrogens is 260 g/mol. The summed E-state index contributed by atoms with van der Waals surface area (Å²) in [4.78, 5) is 4.04. The molecule has 0 N–H and O–H groups in total. The summed E-state index contributed by atoms with van der Waals surface area (Å²) in [6, 6.07) is 1.38. The first-order chi connectivity index (χ1) is 9.28. The van der Waals surface area contributed by atoms with E-state index in [-0.39, 0.29) is 12.0 Å². The van der Waals surface area contributed by atoms with Crippen LogP contribution >= 0.6 is 0 Å². The molecule has 1 aromatic heterocycles. The molecule has 1 saturated carbocycles. The third kappa shape index (κ3) is 2.42. The highest BCUT2D eigenvalue weighted by Gasteiger charge is 2.52. The van der Waals surface area contributed by atoms with E-state index < -0.39 is 24.1 Å². The second-order valence-electron chi connectivity index (χ2n) is 6.46. The van der Waals surface area contributed by atoms with Crippen molar-refractivity contribution >= 4 is 12.6 Å². The van der Waals surface area contributed by atoms with Gasteiger partial charge in [0.15, 0.2) is 5.82 Å². The molecule has 0 bridgehead atoms. The van der Waals surface area contributed by atoms with Crippen LogP contribution in [0.1, 0.15) is 40.5 Å². The van der Waals surface area contributed by atoms with Crippen LogP contribution in [0.4, 0.5) is 4.39 Å². The molecule has 1 saturated heterocycles. The normalized spacial score (nSPS) is 23.9. The molecule has 2 aliphatic rings. The van der Waals surface area contributed by atoms with Crippen LogP contribution in [0.25, 0.3) is 0 Å². The van der Waals surface area contributed by atoms with Crippen molar-refractivity contribution in [1.82, 2.24) is 4.98 Å². The molecule has 0 spiro atoms. The predicted molar refractivity (Wildman–Crippen MR) is 73.6 cm³/mol. The van der Waals surface area contributed by atoms with Crippen molar-refractivity contribution in [2.24, 2.45) is 0 Å². The van der Waals surface area contributed by atoms with Crippen LogP contribution in [0.2, 0.25) is 0 Å². The SMILES string of the molecule is CC1(C)OB(c2cnc(OC3CC3)c(F)c2)OC1(C)C. The maximum atomic E-state index is 14.0. The zero-order valence-electron chi connectivity index (χ0n) is 12.3. The van der Waals surface area contributed by atoms with E-state index in [1.165, 1.54) is 6.07 Å². The van der Waals surface area contributed by atoms with Gasteiger partial charge in [-0.3, -0.25) is 0 Å². The number of halogens is 1. The molecule has 4 nitrogen and oxygen atoms in total. The molecule has 3 rings (SSSR count). The van der Waals surface area contributed by atoms with Gasteiger partial charge in [-0.15, -0.1) is 0 Å². The molecule has 0 amide bonds. The first kappa shape index (κ1) is 13.8. The Bertz CT molecular complexity index is 515. The summed E-state index contributed by atoms with van der Waals surface area (Å²) in [5.74, 6) is -0.406. The van der Waals surface area contributed by atoms with Gasteiger partial charge in [0, 0.05) is 11.7 Å². The van der Waals surface area contributed by atoms with Crippen molar-refractivity contribution in [1.29, 1.82) is 0 Å². The van der Waals surface area contributed by atoms with Crippen LogP contribution in [0.3, 0.4) is 0 Å². The number of aromatic nitrogens is 1. The molecule has 108 valence electrons. The minimum atomic E-state index is -0.600. The fraction of sp³-hybridized carbons (Fsp3) is 0.643. The minimum Gasteiger partial charge on any atom is -0.472 e. The summed E-state index contributed by atoms with van der Waals surface area (Å²) < 4.78 is 31.1. The van der Waals surface area contributed by atoms with E-state index in [2.05, 4.69) is 4.98 Å². The first-order valence-corrected chi connectivity index (χ1v) is 6.96. The van der Waals surface area contributed by atoms with E-state index in [0.717, 1.165) is 12.8 Å². The number of nitrogens with zero attached hydrogens (tertiary/aromatic N) is 1. The fourth-order valence-corrected chi connectivity index (χ4v) is 1.98. The van der Waals surface area contributed by atoms with Gasteiger partial charge in [-0.25, -0.2) is 9.37 Å². The molecule has 0 radical (unpaired) electrons. The Morgan fingerprint density at radius 3 is 2.35 bits per heavy atom. The molecule has 0 atom stereocenters. The summed E-state index contributed by atoms with van der Waals surface area (Å²) in [6.07, 6.45) is 3.63. The van der Waals surface area contributed by atoms with Gasteiger partial charge in [0.2, 0.25) is 0 Å². The van der Waals surface area contributed by atoms with Crippen molar-refractivity contribution in [2.45, 2.75) is 57.8 Å². The molecule has 1 aromatic rings. The minimum absolute atomic E-state index is 0.0627. The molecule has 2 fully saturated rings. The molecular formula is C14H19BFNO3. The topological polar surface area (TPSA) is 40.6 Å². The van der Waals surface area contributed by atoms with Gasteiger partial charge >= 0.3 is 7.12 Å². The van der Waals surface area contributed by atoms with Gasteiger partial charge < -0.3 is 14.0 Å².